The van der Waals surface area contributed by atoms with E-state index in [-0.39, 0.29) is 23.9 Å². The normalized spacial score (nSPS) is 10.9. The molecule has 0 aliphatic rings. The fraction of sp³-hybridized carbons (Fsp3) is 0.476. The Morgan fingerprint density at radius 2 is 1.87 bits per heavy atom. The van der Waals surface area contributed by atoms with Crippen molar-refractivity contribution in [3.05, 3.63) is 46.3 Å². The lowest BCUT2D eigenvalue weighted by Gasteiger charge is -2.27. The molecule has 0 fully saturated rings. The molecule has 1 aromatic carbocycles. The smallest absolute Gasteiger partial charge is 0.353 e. The predicted octanol–water partition coefficient (Wildman–Crippen LogP) is 4.42. The van der Waals surface area contributed by atoms with Gasteiger partial charge in [0.05, 0.1) is 17.1 Å². The number of carbonyl (C=O) groups is 1. The van der Waals surface area contributed by atoms with E-state index in [9.17, 15) is 14.9 Å². The van der Waals surface area contributed by atoms with Gasteiger partial charge in [0.1, 0.15) is 6.33 Å². The Bertz CT molecular complexity index is 875. The second-order valence-corrected chi connectivity index (χ2v) is 7.77. The van der Waals surface area contributed by atoms with Gasteiger partial charge >= 0.3 is 11.7 Å². The Balaban J connectivity index is 2.44. The van der Waals surface area contributed by atoms with Crippen LogP contribution in [0.4, 0.5) is 23.0 Å². The van der Waals surface area contributed by atoms with Gasteiger partial charge in [-0.3, -0.25) is 10.1 Å². The molecule has 162 valence electrons. The molecule has 0 atom stereocenters. The van der Waals surface area contributed by atoms with Gasteiger partial charge in [-0.15, -0.1) is 0 Å². The topological polar surface area (TPSA) is 110 Å². The van der Waals surface area contributed by atoms with Crippen LogP contribution in [0.2, 0.25) is 0 Å². The van der Waals surface area contributed by atoms with Crippen LogP contribution in [-0.4, -0.2) is 40.6 Å². The zero-order chi connectivity index (χ0) is 22.3. The zero-order valence-corrected chi connectivity index (χ0v) is 18.1. The fourth-order valence-corrected chi connectivity index (χ4v) is 3.06. The minimum Gasteiger partial charge on any atom is -0.462 e. The number of esters is 1. The summed E-state index contributed by atoms with van der Waals surface area (Å²) in [5, 5.41) is 14.9. The lowest BCUT2D eigenvalue weighted by atomic mass is 10.1. The quantitative estimate of drug-likeness (QED) is 0.345. The molecule has 0 radical (unpaired) electrons. The first-order chi connectivity index (χ1) is 14.2. The lowest BCUT2D eigenvalue weighted by molar-refractivity contribution is -0.383. The van der Waals surface area contributed by atoms with Crippen LogP contribution >= 0.6 is 0 Å². The summed E-state index contributed by atoms with van der Waals surface area (Å²) in [4.78, 5) is 33.7. The van der Waals surface area contributed by atoms with Gasteiger partial charge in [0, 0.05) is 18.8 Å². The van der Waals surface area contributed by atoms with Crippen molar-refractivity contribution < 1.29 is 14.5 Å². The molecule has 0 saturated carbocycles. The molecule has 0 bridgehead atoms. The van der Waals surface area contributed by atoms with Crippen molar-refractivity contribution in [1.82, 2.24) is 9.97 Å². The SMILES string of the molecule is CCOC(=O)c1cccc(Nc2ncnc(N(CC(C)C)CC(C)C)c2[N+](=O)[O-])c1. The van der Waals surface area contributed by atoms with Crippen LogP contribution in [0, 0.1) is 22.0 Å². The summed E-state index contributed by atoms with van der Waals surface area (Å²) in [5.41, 5.74) is 0.646. The maximum absolute atomic E-state index is 12.0. The highest BCUT2D eigenvalue weighted by Gasteiger charge is 2.28. The molecule has 1 N–H and O–H groups in total. The molecule has 0 amide bonds. The number of hydrogen-bond acceptors (Lipinski definition) is 8. The molecule has 9 heteroatoms. The van der Waals surface area contributed by atoms with Crippen LogP contribution in [0.3, 0.4) is 0 Å². The van der Waals surface area contributed by atoms with Crippen molar-refractivity contribution in [2.75, 3.05) is 29.9 Å². The molecule has 2 rings (SSSR count). The summed E-state index contributed by atoms with van der Waals surface area (Å²) in [6.07, 6.45) is 1.31. The first-order valence-corrected chi connectivity index (χ1v) is 10.0. The fourth-order valence-electron chi connectivity index (χ4n) is 3.06. The summed E-state index contributed by atoms with van der Waals surface area (Å²) in [6, 6.07) is 6.57. The molecule has 0 saturated heterocycles. The number of ether oxygens (including phenoxy) is 1. The number of hydrogen-bond donors (Lipinski definition) is 1. The molecular weight excluding hydrogens is 386 g/mol. The average Bonchev–Trinajstić information content (AvgIpc) is 2.66. The van der Waals surface area contributed by atoms with E-state index in [0.717, 1.165) is 0 Å². The van der Waals surface area contributed by atoms with Gasteiger partial charge in [-0.25, -0.2) is 14.8 Å². The number of benzene rings is 1. The number of aromatic nitrogens is 2. The Morgan fingerprint density at radius 3 is 2.43 bits per heavy atom. The third-order valence-electron chi connectivity index (χ3n) is 4.09. The van der Waals surface area contributed by atoms with Crippen molar-refractivity contribution in [2.45, 2.75) is 34.6 Å². The summed E-state index contributed by atoms with van der Waals surface area (Å²) < 4.78 is 5.01. The van der Waals surface area contributed by atoms with Crippen LogP contribution in [-0.2, 0) is 4.74 Å². The van der Waals surface area contributed by atoms with E-state index >= 15 is 0 Å². The third kappa shape index (κ3) is 6.13. The highest BCUT2D eigenvalue weighted by atomic mass is 16.6. The van der Waals surface area contributed by atoms with Crippen molar-refractivity contribution in [3.8, 4) is 0 Å². The van der Waals surface area contributed by atoms with Gasteiger partial charge in [0.2, 0.25) is 11.6 Å². The average molecular weight is 415 g/mol. The number of nitro groups is 1. The Hall–Kier alpha value is -3.23. The Kier molecular flexibility index (Phi) is 8.08. The zero-order valence-electron chi connectivity index (χ0n) is 18.1. The molecule has 0 spiro atoms. The number of nitrogens with zero attached hydrogens (tertiary/aromatic N) is 4. The summed E-state index contributed by atoms with van der Waals surface area (Å²) in [7, 11) is 0. The van der Waals surface area contributed by atoms with Gasteiger partial charge in [-0.1, -0.05) is 33.8 Å². The number of anilines is 3. The summed E-state index contributed by atoms with van der Waals surface area (Å²) >= 11 is 0. The van der Waals surface area contributed by atoms with E-state index in [4.69, 9.17) is 4.74 Å². The van der Waals surface area contributed by atoms with Crippen molar-refractivity contribution >= 4 is 29.0 Å². The Morgan fingerprint density at radius 1 is 1.20 bits per heavy atom. The van der Waals surface area contributed by atoms with Gasteiger partial charge in [-0.05, 0) is 37.0 Å². The third-order valence-corrected chi connectivity index (χ3v) is 4.09. The maximum Gasteiger partial charge on any atom is 0.353 e. The highest BCUT2D eigenvalue weighted by Crippen LogP contribution is 2.34. The minimum atomic E-state index is -0.472. The molecule has 2 aromatic rings. The molecule has 0 aliphatic heterocycles. The van der Waals surface area contributed by atoms with Gasteiger partial charge < -0.3 is 15.0 Å². The van der Waals surface area contributed by atoms with Crippen molar-refractivity contribution in [2.24, 2.45) is 11.8 Å². The molecule has 1 aromatic heterocycles. The van der Waals surface area contributed by atoms with Crippen LogP contribution in [0.15, 0.2) is 30.6 Å². The first kappa shape index (κ1) is 23.1. The molecular formula is C21H29N5O4. The predicted molar refractivity (Wildman–Crippen MR) is 116 cm³/mol. The monoisotopic (exact) mass is 415 g/mol. The second-order valence-electron chi connectivity index (χ2n) is 7.77. The molecule has 0 aliphatic carbocycles. The van der Waals surface area contributed by atoms with Crippen LogP contribution in [0.1, 0.15) is 45.0 Å². The van der Waals surface area contributed by atoms with Gasteiger partial charge in [0.25, 0.3) is 0 Å². The van der Waals surface area contributed by atoms with Gasteiger partial charge in [-0.2, -0.15) is 0 Å². The second kappa shape index (κ2) is 10.5. The van der Waals surface area contributed by atoms with Crippen LogP contribution in [0.25, 0.3) is 0 Å². The largest absolute Gasteiger partial charge is 0.462 e. The maximum atomic E-state index is 12.0. The van der Waals surface area contributed by atoms with E-state index < -0.39 is 10.9 Å². The first-order valence-electron chi connectivity index (χ1n) is 10.0. The van der Waals surface area contributed by atoms with Crippen LogP contribution < -0.4 is 10.2 Å². The summed E-state index contributed by atoms with van der Waals surface area (Å²) in [6.45, 7) is 11.5. The van der Waals surface area contributed by atoms with Crippen LogP contribution in [0.5, 0.6) is 0 Å². The molecule has 9 nitrogen and oxygen atoms in total. The van der Waals surface area contributed by atoms with Crippen molar-refractivity contribution in [1.29, 1.82) is 0 Å². The molecule has 1 heterocycles. The lowest BCUT2D eigenvalue weighted by Crippen LogP contribution is -2.32. The molecule has 30 heavy (non-hydrogen) atoms. The van der Waals surface area contributed by atoms with E-state index in [0.29, 0.717) is 36.2 Å². The number of carbonyl (C=O) groups excluding carboxylic acids is 1. The van der Waals surface area contributed by atoms with Crippen molar-refractivity contribution in [3.63, 3.8) is 0 Å². The standard InChI is InChI=1S/C21H29N5O4/c1-6-30-21(27)16-8-7-9-17(10-16)24-19-18(26(28)29)20(23-13-22-19)25(11-14(2)3)12-15(4)5/h7-10,13-15H,6,11-12H2,1-5H3,(H,22,23,24). The van der Waals surface area contributed by atoms with E-state index in [1.165, 1.54) is 6.33 Å². The molecule has 0 unspecified atom stereocenters. The van der Waals surface area contributed by atoms with Gasteiger partial charge in [0.15, 0.2) is 0 Å². The summed E-state index contributed by atoms with van der Waals surface area (Å²) in [5.74, 6) is 0.496. The number of nitrogens with one attached hydrogen (secondary N) is 1. The van der Waals surface area contributed by atoms with E-state index in [2.05, 4.69) is 43.0 Å². The van der Waals surface area contributed by atoms with E-state index in [1.807, 2.05) is 4.90 Å². The van der Waals surface area contributed by atoms with E-state index in [1.54, 1.807) is 31.2 Å². The minimum absolute atomic E-state index is 0.0727. The highest BCUT2D eigenvalue weighted by molar-refractivity contribution is 5.91. The number of rotatable bonds is 10. The Labute approximate surface area is 176 Å².